The third-order valence-electron chi connectivity index (χ3n) is 1.61. The molecule has 0 amide bonds. The van der Waals surface area contributed by atoms with E-state index in [1.165, 1.54) is 0 Å². The minimum absolute atomic E-state index is 0.142. The fourth-order valence-electron chi connectivity index (χ4n) is 0.996. The van der Waals surface area contributed by atoms with Crippen molar-refractivity contribution >= 4 is 5.69 Å². The van der Waals surface area contributed by atoms with Gasteiger partial charge in [0.05, 0.1) is 6.10 Å². The van der Waals surface area contributed by atoms with E-state index >= 15 is 0 Å². The van der Waals surface area contributed by atoms with Gasteiger partial charge in [-0.1, -0.05) is 12.1 Å². The number of hydrogen-bond acceptors (Lipinski definition) is 3. The Morgan fingerprint density at radius 3 is 2.92 bits per heavy atom. The van der Waals surface area contributed by atoms with Gasteiger partial charge in [-0.2, -0.15) is 0 Å². The predicted molar refractivity (Wildman–Crippen MR) is 49.5 cm³/mol. The Morgan fingerprint density at radius 1 is 1.58 bits per heavy atom. The van der Waals surface area contributed by atoms with Crippen molar-refractivity contribution < 1.29 is 7.85 Å². The van der Waals surface area contributed by atoms with Crippen LogP contribution in [0.25, 0.3) is 0 Å². The maximum atomic E-state index is 9.61. The summed E-state index contributed by atoms with van der Waals surface area (Å²) in [5, 5.41) is 9.61. The lowest BCUT2D eigenvalue weighted by atomic mass is 10.1. The number of nitrogen functional groups attached to an aromatic ring is 1. The molecule has 66 valence electrons. The molecule has 0 radical (unpaired) electrons. The van der Waals surface area contributed by atoms with E-state index in [0.717, 1.165) is 0 Å². The van der Waals surface area contributed by atoms with Crippen LogP contribution in [-0.4, -0.2) is 11.6 Å². The molecule has 1 aromatic rings. The standard InChI is InChI=1S/C9H14N2O/c10-5-4-9(12)7-2-1-3-8(11)6-7/h1-3,6,9,12H,4-5,10-11H2/i5D2. The van der Waals surface area contributed by atoms with Crippen molar-refractivity contribution in [3.8, 4) is 0 Å². The van der Waals surface area contributed by atoms with Crippen LogP contribution in [0.2, 0.25) is 0 Å². The van der Waals surface area contributed by atoms with E-state index in [4.69, 9.17) is 14.2 Å². The lowest BCUT2D eigenvalue weighted by Crippen LogP contribution is -2.06. The topological polar surface area (TPSA) is 72.3 Å². The van der Waals surface area contributed by atoms with Gasteiger partial charge in [0, 0.05) is 8.43 Å². The lowest BCUT2D eigenvalue weighted by molar-refractivity contribution is 0.170. The van der Waals surface area contributed by atoms with E-state index in [1.807, 2.05) is 0 Å². The summed E-state index contributed by atoms with van der Waals surface area (Å²) in [6.07, 6.45) is -1.06. The number of benzene rings is 1. The number of hydrogen-bond donors (Lipinski definition) is 3. The van der Waals surface area contributed by atoms with Gasteiger partial charge in [-0.25, -0.2) is 0 Å². The first-order valence-corrected chi connectivity index (χ1v) is 3.71. The van der Waals surface area contributed by atoms with Gasteiger partial charge in [-0.05, 0) is 30.6 Å². The number of nitrogens with two attached hydrogens (primary N) is 2. The summed E-state index contributed by atoms with van der Waals surface area (Å²) in [7, 11) is 0. The van der Waals surface area contributed by atoms with Crippen molar-refractivity contribution in [1.29, 1.82) is 0 Å². The van der Waals surface area contributed by atoms with Crippen molar-refractivity contribution in [1.82, 2.24) is 0 Å². The Labute approximate surface area is 74.8 Å². The molecule has 0 saturated heterocycles. The average molecular weight is 168 g/mol. The van der Waals surface area contributed by atoms with Crippen molar-refractivity contribution in [2.75, 3.05) is 12.2 Å². The second-order valence-corrected chi connectivity index (χ2v) is 2.59. The first kappa shape index (κ1) is 6.46. The Balaban J connectivity index is 2.74. The second kappa shape index (κ2) is 4.09. The van der Waals surface area contributed by atoms with Gasteiger partial charge in [0.1, 0.15) is 0 Å². The Hall–Kier alpha value is -1.06. The number of anilines is 1. The molecule has 3 heteroatoms. The summed E-state index contributed by atoms with van der Waals surface area (Å²) in [4.78, 5) is 0. The zero-order valence-electron chi connectivity index (χ0n) is 8.70. The highest BCUT2D eigenvalue weighted by molar-refractivity contribution is 5.41. The zero-order valence-corrected chi connectivity index (χ0v) is 6.70. The minimum Gasteiger partial charge on any atom is -0.399 e. The minimum atomic E-state index is -1.87. The molecular formula is C9H14N2O. The highest BCUT2D eigenvalue weighted by Gasteiger charge is 2.05. The summed E-state index contributed by atoms with van der Waals surface area (Å²) in [5.74, 6) is 0. The second-order valence-electron chi connectivity index (χ2n) is 2.59. The van der Waals surface area contributed by atoms with Crippen molar-refractivity contribution in [2.45, 2.75) is 12.5 Å². The predicted octanol–water partition coefficient (Wildman–Crippen LogP) is 0.651. The fraction of sp³-hybridized carbons (Fsp3) is 0.333. The molecule has 1 unspecified atom stereocenters. The first-order valence-electron chi connectivity index (χ1n) is 4.71. The van der Waals surface area contributed by atoms with E-state index in [1.54, 1.807) is 24.3 Å². The van der Waals surface area contributed by atoms with Crippen LogP contribution >= 0.6 is 0 Å². The molecule has 0 fully saturated rings. The van der Waals surface area contributed by atoms with Crippen LogP contribution in [-0.2, 0) is 0 Å². The van der Waals surface area contributed by atoms with Crippen LogP contribution in [0.4, 0.5) is 5.69 Å². The van der Waals surface area contributed by atoms with Crippen molar-refractivity contribution in [3.63, 3.8) is 0 Å². The molecule has 0 aliphatic heterocycles. The summed E-state index contributed by atoms with van der Waals surface area (Å²) in [5.41, 5.74) is 11.8. The van der Waals surface area contributed by atoms with E-state index in [2.05, 4.69) is 0 Å². The van der Waals surface area contributed by atoms with Crippen molar-refractivity contribution in [3.05, 3.63) is 29.8 Å². The molecule has 0 aliphatic carbocycles. The van der Waals surface area contributed by atoms with Gasteiger partial charge in [0.2, 0.25) is 0 Å². The van der Waals surface area contributed by atoms with E-state index in [9.17, 15) is 5.11 Å². The molecule has 0 spiro atoms. The van der Waals surface area contributed by atoms with Crippen LogP contribution in [0.3, 0.4) is 0 Å². The molecule has 0 aliphatic rings. The van der Waals surface area contributed by atoms with E-state index in [0.29, 0.717) is 11.3 Å². The lowest BCUT2D eigenvalue weighted by Gasteiger charge is -2.09. The van der Waals surface area contributed by atoms with Gasteiger partial charge >= 0.3 is 0 Å². The summed E-state index contributed by atoms with van der Waals surface area (Å²) < 4.78 is 14.2. The van der Waals surface area contributed by atoms with Gasteiger partial charge in [-0.3, -0.25) is 0 Å². The molecule has 0 bridgehead atoms. The van der Waals surface area contributed by atoms with Crippen LogP contribution < -0.4 is 11.5 Å². The summed E-state index contributed by atoms with van der Waals surface area (Å²) in [6.45, 7) is -1.87. The number of aliphatic hydroxyl groups excluding tert-OH is 1. The van der Waals surface area contributed by atoms with E-state index in [-0.39, 0.29) is 6.42 Å². The van der Waals surface area contributed by atoms with Gasteiger partial charge in [0.25, 0.3) is 0 Å². The highest BCUT2D eigenvalue weighted by Crippen LogP contribution is 2.17. The molecule has 5 N–H and O–H groups in total. The third kappa shape index (κ3) is 2.22. The van der Waals surface area contributed by atoms with Crippen LogP contribution in [0, 0.1) is 0 Å². The van der Waals surface area contributed by atoms with Crippen molar-refractivity contribution in [2.24, 2.45) is 5.73 Å². The van der Waals surface area contributed by atoms with Gasteiger partial charge in [0.15, 0.2) is 0 Å². The molecule has 0 aromatic heterocycles. The highest BCUT2D eigenvalue weighted by atomic mass is 16.3. The maximum Gasteiger partial charge on any atom is 0.0802 e. The molecule has 12 heavy (non-hydrogen) atoms. The Morgan fingerprint density at radius 2 is 2.33 bits per heavy atom. The third-order valence-corrected chi connectivity index (χ3v) is 1.61. The molecule has 1 aromatic carbocycles. The molecule has 3 nitrogen and oxygen atoms in total. The number of aliphatic hydroxyl groups is 1. The van der Waals surface area contributed by atoms with Crippen LogP contribution in [0.5, 0.6) is 0 Å². The summed E-state index contributed by atoms with van der Waals surface area (Å²) >= 11 is 0. The van der Waals surface area contributed by atoms with Gasteiger partial charge < -0.3 is 16.6 Å². The zero-order chi connectivity index (χ0) is 10.8. The molecule has 1 atom stereocenters. The molecule has 1 rings (SSSR count). The molecule has 0 heterocycles. The normalized spacial score (nSPS) is 16.5. The fourth-order valence-corrected chi connectivity index (χ4v) is 0.996. The first-order chi connectivity index (χ1) is 6.38. The largest absolute Gasteiger partial charge is 0.399 e. The van der Waals surface area contributed by atoms with Crippen LogP contribution in [0.15, 0.2) is 24.3 Å². The average Bonchev–Trinajstić information content (AvgIpc) is 2.01. The quantitative estimate of drug-likeness (QED) is 0.580. The van der Waals surface area contributed by atoms with E-state index < -0.39 is 12.6 Å². The molecule has 0 saturated carbocycles. The van der Waals surface area contributed by atoms with Gasteiger partial charge in [-0.15, -0.1) is 0 Å². The smallest absolute Gasteiger partial charge is 0.0802 e. The monoisotopic (exact) mass is 168 g/mol. The van der Waals surface area contributed by atoms with Crippen LogP contribution in [0.1, 0.15) is 20.8 Å². The Bertz CT molecular complexity index is 312. The summed E-state index contributed by atoms with van der Waals surface area (Å²) in [6, 6.07) is 6.70. The maximum absolute atomic E-state index is 9.61. The molecular weight excluding hydrogens is 152 g/mol. The SMILES string of the molecule is [2H]C([2H])(N)CC(O)c1cccc(N)c1. The Kier molecular flexibility index (Phi) is 2.20. The number of rotatable bonds is 3.